The summed E-state index contributed by atoms with van der Waals surface area (Å²) in [5.41, 5.74) is 5.25. The Hall–Kier alpha value is -3.31. The lowest BCUT2D eigenvalue weighted by atomic mass is 10.1. The largest absolute Gasteiger partial charge is 0.493 e. The number of aromatic nitrogens is 2. The molecule has 1 amide bonds. The number of hydrogen-bond donors (Lipinski definition) is 0. The van der Waals surface area contributed by atoms with E-state index >= 15 is 0 Å². The monoisotopic (exact) mass is 473 g/mol. The second kappa shape index (κ2) is 9.51. The first-order valence-corrected chi connectivity index (χ1v) is 12.1. The number of para-hydroxylation sites is 3. The summed E-state index contributed by atoms with van der Waals surface area (Å²) in [7, 11) is 0. The van der Waals surface area contributed by atoms with Gasteiger partial charge in [0.05, 0.1) is 17.6 Å². The van der Waals surface area contributed by atoms with Crippen LogP contribution < -0.4 is 9.64 Å². The Labute approximate surface area is 204 Å². The lowest BCUT2D eigenvalue weighted by Crippen LogP contribution is -2.24. The summed E-state index contributed by atoms with van der Waals surface area (Å²) >= 11 is 6.03. The van der Waals surface area contributed by atoms with Gasteiger partial charge in [-0.05, 0) is 67.8 Å². The molecule has 174 valence electrons. The van der Waals surface area contributed by atoms with Crippen LogP contribution in [0.1, 0.15) is 35.7 Å². The van der Waals surface area contributed by atoms with E-state index in [9.17, 15) is 4.79 Å². The van der Waals surface area contributed by atoms with Crippen LogP contribution in [0, 0.1) is 13.8 Å². The van der Waals surface area contributed by atoms with E-state index in [2.05, 4.69) is 42.7 Å². The van der Waals surface area contributed by atoms with Gasteiger partial charge in [0.25, 0.3) is 0 Å². The van der Waals surface area contributed by atoms with Gasteiger partial charge in [0, 0.05) is 36.1 Å². The molecule has 3 aromatic carbocycles. The van der Waals surface area contributed by atoms with E-state index in [0.717, 1.165) is 52.4 Å². The summed E-state index contributed by atoms with van der Waals surface area (Å²) < 4.78 is 8.41. The smallest absolute Gasteiger partial charge is 0.227 e. The van der Waals surface area contributed by atoms with Crippen molar-refractivity contribution in [3.63, 3.8) is 0 Å². The highest BCUT2D eigenvalue weighted by molar-refractivity contribution is 6.30. The molecule has 34 heavy (non-hydrogen) atoms. The average molecular weight is 474 g/mol. The molecule has 0 aliphatic carbocycles. The normalized spacial score (nSPS) is 15.9. The van der Waals surface area contributed by atoms with Gasteiger partial charge in [-0.25, -0.2) is 4.98 Å². The summed E-state index contributed by atoms with van der Waals surface area (Å²) in [5.74, 6) is 2.09. The number of carbonyl (C=O) groups excluding carboxylic acids is 1. The lowest BCUT2D eigenvalue weighted by Gasteiger charge is -2.18. The minimum Gasteiger partial charge on any atom is -0.493 e. The molecular weight excluding hydrogens is 446 g/mol. The predicted molar refractivity (Wildman–Crippen MR) is 137 cm³/mol. The summed E-state index contributed by atoms with van der Waals surface area (Å²) in [4.78, 5) is 19.7. The maximum atomic E-state index is 12.9. The molecule has 2 heterocycles. The zero-order chi connectivity index (χ0) is 23.7. The number of anilines is 1. The molecule has 5 nitrogen and oxygen atoms in total. The first kappa shape index (κ1) is 22.5. The molecule has 0 bridgehead atoms. The van der Waals surface area contributed by atoms with Crippen LogP contribution in [-0.4, -0.2) is 28.6 Å². The van der Waals surface area contributed by atoms with E-state index in [4.69, 9.17) is 21.3 Å². The number of imidazole rings is 1. The number of carbonyl (C=O) groups is 1. The molecule has 1 aliphatic rings. The molecule has 1 saturated heterocycles. The van der Waals surface area contributed by atoms with Crippen LogP contribution in [0.3, 0.4) is 0 Å². The van der Waals surface area contributed by atoms with E-state index in [1.807, 2.05) is 47.4 Å². The highest BCUT2D eigenvalue weighted by Crippen LogP contribution is 2.34. The van der Waals surface area contributed by atoms with Crippen LogP contribution >= 0.6 is 11.6 Å². The van der Waals surface area contributed by atoms with Gasteiger partial charge in [0.15, 0.2) is 0 Å². The van der Waals surface area contributed by atoms with Crippen molar-refractivity contribution >= 4 is 34.2 Å². The fourth-order valence-electron chi connectivity index (χ4n) is 4.82. The van der Waals surface area contributed by atoms with Gasteiger partial charge in [-0.15, -0.1) is 0 Å². The van der Waals surface area contributed by atoms with Crippen molar-refractivity contribution in [2.75, 3.05) is 18.1 Å². The average Bonchev–Trinajstić information content (AvgIpc) is 3.39. The summed E-state index contributed by atoms with van der Waals surface area (Å²) in [6.07, 6.45) is 1.30. The maximum Gasteiger partial charge on any atom is 0.227 e. The first-order chi connectivity index (χ1) is 16.5. The predicted octanol–water partition coefficient (Wildman–Crippen LogP) is 6.30. The quantitative estimate of drug-likeness (QED) is 0.296. The number of hydrogen-bond acceptors (Lipinski definition) is 3. The van der Waals surface area contributed by atoms with Crippen molar-refractivity contribution in [1.29, 1.82) is 0 Å². The van der Waals surface area contributed by atoms with Gasteiger partial charge in [0.1, 0.15) is 11.6 Å². The van der Waals surface area contributed by atoms with Crippen LogP contribution in [0.25, 0.3) is 11.0 Å². The number of rotatable bonds is 7. The van der Waals surface area contributed by atoms with Gasteiger partial charge in [-0.3, -0.25) is 4.79 Å². The minimum absolute atomic E-state index is 0.0371. The zero-order valence-electron chi connectivity index (χ0n) is 19.5. The molecule has 0 N–H and O–H groups in total. The van der Waals surface area contributed by atoms with Crippen LogP contribution in [0.5, 0.6) is 5.75 Å². The van der Waals surface area contributed by atoms with Crippen molar-refractivity contribution in [1.82, 2.24) is 9.55 Å². The van der Waals surface area contributed by atoms with Gasteiger partial charge >= 0.3 is 0 Å². The number of aryl methyl sites for hydroxylation is 3. The van der Waals surface area contributed by atoms with Gasteiger partial charge < -0.3 is 14.2 Å². The molecule has 6 heteroatoms. The minimum atomic E-state index is 0.0371. The third kappa shape index (κ3) is 4.40. The van der Waals surface area contributed by atoms with Gasteiger partial charge in [0.2, 0.25) is 5.91 Å². The standard InChI is InChI=1S/C28H28ClN3O2/c1-19-7-5-8-20(2)27(19)34-16-6-15-31-25-10-4-3-9-24(25)30-28(31)21-17-26(33)32(18-21)23-13-11-22(29)12-14-23/h3-5,7-14,21H,6,15-18H2,1-2H3. The molecule has 5 rings (SSSR count). The Morgan fingerprint density at radius 1 is 1.00 bits per heavy atom. The van der Waals surface area contributed by atoms with Crippen molar-refractivity contribution < 1.29 is 9.53 Å². The number of halogens is 1. The molecular formula is C28H28ClN3O2. The molecule has 1 fully saturated rings. The molecule has 4 aromatic rings. The molecule has 0 spiro atoms. The lowest BCUT2D eigenvalue weighted by molar-refractivity contribution is -0.117. The summed E-state index contributed by atoms with van der Waals surface area (Å²) in [6.45, 7) is 6.17. The van der Waals surface area contributed by atoms with Crippen molar-refractivity contribution in [2.45, 2.75) is 39.2 Å². The van der Waals surface area contributed by atoms with Crippen molar-refractivity contribution in [3.8, 4) is 5.75 Å². The van der Waals surface area contributed by atoms with E-state index in [0.29, 0.717) is 24.6 Å². The topological polar surface area (TPSA) is 47.4 Å². The summed E-state index contributed by atoms with van der Waals surface area (Å²) in [6, 6.07) is 21.8. The number of amides is 1. The SMILES string of the molecule is Cc1cccc(C)c1OCCCn1c(C2CC(=O)N(c3ccc(Cl)cc3)C2)nc2ccccc21. The van der Waals surface area contributed by atoms with Gasteiger partial charge in [-0.1, -0.05) is 41.9 Å². The second-order valence-electron chi connectivity index (χ2n) is 8.92. The third-order valence-electron chi connectivity index (χ3n) is 6.49. The van der Waals surface area contributed by atoms with Crippen LogP contribution in [0.15, 0.2) is 66.7 Å². The Kier molecular flexibility index (Phi) is 6.29. The Bertz CT molecular complexity index is 1310. The number of benzene rings is 3. The molecule has 1 unspecified atom stereocenters. The summed E-state index contributed by atoms with van der Waals surface area (Å²) in [5, 5.41) is 0.664. The van der Waals surface area contributed by atoms with E-state index in [1.54, 1.807) is 0 Å². The fraction of sp³-hybridized carbons (Fsp3) is 0.286. The molecule has 1 aromatic heterocycles. The highest BCUT2D eigenvalue weighted by atomic mass is 35.5. The Balaban J connectivity index is 1.35. The van der Waals surface area contributed by atoms with Crippen LogP contribution in [-0.2, 0) is 11.3 Å². The number of nitrogens with zero attached hydrogens (tertiary/aromatic N) is 3. The first-order valence-electron chi connectivity index (χ1n) is 11.7. The van der Waals surface area contributed by atoms with Crippen molar-refractivity contribution in [2.24, 2.45) is 0 Å². The van der Waals surface area contributed by atoms with E-state index in [1.165, 1.54) is 0 Å². The number of ether oxygens (including phenoxy) is 1. The second-order valence-corrected chi connectivity index (χ2v) is 9.35. The van der Waals surface area contributed by atoms with Crippen molar-refractivity contribution in [3.05, 3.63) is 88.7 Å². The van der Waals surface area contributed by atoms with E-state index < -0.39 is 0 Å². The molecule has 0 radical (unpaired) electrons. The van der Waals surface area contributed by atoms with Crippen LogP contribution in [0.4, 0.5) is 5.69 Å². The van der Waals surface area contributed by atoms with E-state index in [-0.39, 0.29) is 11.8 Å². The Morgan fingerprint density at radius 2 is 1.74 bits per heavy atom. The molecule has 1 atom stereocenters. The Morgan fingerprint density at radius 3 is 2.50 bits per heavy atom. The fourth-order valence-corrected chi connectivity index (χ4v) is 4.94. The highest BCUT2D eigenvalue weighted by Gasteiger charge is 2.34. The van der Waals surface area contributed by atoms with Gasteiger partial charge in [-0.2, -0.15) is 0 Å². The zero-order valence-corrected chi connectivity index (χ0v) is 20.3. The maximum absolute atomic E-state index is 12.9. The third-order valence-corrected chi connectivity index (χ3v) is 6.75. The van der Waals surface area contributed by atoms with Crippen LogP contribution in [0.2, 0.25) is 5.02 Å². The molecule has 0 saturated carbocycles. The number of fused-ring (bicyclic) bond motifs is 1. The molecule has 1 aliphatic heterocycles.